The third kappa shape index (κ3) is 8.99. The Balaban J connectivity index is 0.000000132. The van der Waals surface area contributed by atoms with Crippen LogP contribution in [0.2, 0.25) is 0 Å². The van der Waals surface area contributed by atoms with E-state index in [1.165, 1.54) is 109 Å². The van der Waals surface area contributed by atoms with Gasteiger partial charge in [0.25, 0.3) is 0 Å². The van der Waals surface area contributed by atoms with Gasteiger partial charge in [-0.15, -0.1) is 11.3 Å². The zero-order chi connectivity index (χ0) is 72.2. The number of thiophene rings is 1. The molecule has 2 aliphatic rings. The summed E-state index contributed by atoms with van der Waals surface area (Å²) < 4.78 is 13.5. The van der Waals surface area contributed by atoms with Gasteiger partial charge in [0.1, 0.15) is 16.8 Å². The van der Waals surface area contributed by atoms with Gasteiger partial charge in [-0.05, 0) is 155 Å². The average Bonchev–Trinajstić information content (AvgIpc) is 1.53. The van der Waals surface area contributed by atoms with E-state index in [0.717, 1.165) is 82.1 Å². The molecule has 8 heteroatoms. The van der Waals surface area contributed by atoms with Crippen LogP contribution >= 0.6 is 11.3 Å². The molecular formula is C102H62N6OS. The molecule has 0 saturated heterocycles. The summed E-state index contributed by atoms with van der Waals surface area (Å²) in [6.45, 7) is 0. The van der Waals surface area contributed by atoms with E-state index >= 15 is 0 Å². The number of aromatic nitrogens is 6. The van der Waals surface area contributed by atoms with E-state index in [9.17, 15) is 0 Å². The van der Waals surface area contributed by atoms with Crippen molar-refractivity contribution in [2.45, 2.75) is 10.8 Å². The lowest BCUT2D eigenvalue weighted by Gasteiger charge is -2.34. The molecule has 0 bridgehead atoms. The predicted molar refractivity (Wildman–Crippen MR) is 453 cm³/mol. The van der Waals surface area contributed by atoms with Crippen molar-refractivity contribution >= 4 is 119 Å². The van der Waals surface area contributed by atoms with Crippen molar-refractivity contribution in [3.63, 3.8) is 0 Å². The summed E-state index contributed by atoms with van der Waals surface area (Å²) in [6.07, 6.45) is 0. The van der Waals surface area contributed by atoms with Crippen LogP contribution in [0, 0.1) is 0 Å². The highest BCUT2D eigenvalue weighted by atomic mass is 32.1. The zero-order valence-electron chi connectivity index (χ0n) is 59.3. The van der Waals surface area contributed by atoms with Crippen LogP contribution in [0.4, 0.5) is 0 Å². The predicted octanol–water partition coefficient (Wildman–Crippen LogP) is 25.8. The lowest BCUT2D eigenvalue weighted by atomic mass is 9.67. The maximum Gasteiger partial charge on any atom is 0.236 e. The van der Waals surface area contributed by atoms with E-state index < -0.39 is 10.8 Å². The molecule has 0 fully saturated rings. The first-order chi connectivity index (χ1) is 54.5. The average molecular weight is 1420 g/mol. The molecule has 22 aromatic rings. The molecule has 0 atom stereocenters. The van der Waals surface area contributed by atoms with Gasteiger partial charge < -0.3 is 4.42 Å². The second-order valence-electron chi connectivity index (χ2n) is 29.0. The van der Waals surface area contributed by atoms with Gasteiger partial charge in [-0.2, -0.15) is 0 Å². The van der Waals surface area contributed by atoms with Crippen LogP contribution in [0.5, 0.6) is 0 Å². The Labute approximate surface area is 636 Å². The Hall–Kier alpha value is -14.2. The van der Waals surface area contributed by atoms with Crippen LogP contribution in [0.15, 0.2) is 381 Å². The normalized spacial score (nSPS) is 13.2. The highest BCUT2D eigenvalue weighted by Gasteiger charge is 2.48. The van der Waals surface area contributed by atoms with Crippen molar-refractivity contribution in [2.24, 2.45) is 0 Å². The molecule has 24 rings (SSSR count). The number of nitrogens with zero attached hydrogens (tertiary/aromatic N) is 6. The number of rotatable bonds is 8. The summed E-state index contributed by atoms with van der Waals surface area (Å²) in [5, 5.41) is 11.6. The number of fused-ring (bicyclic) bond motifs is 20. The fourth-order valence-electron chi connectivity index (χ4n) is 18.7. The van der Waals surface area contributed by atoms with Crippen molar-refractivity contribution in [1.29, 1.82) is 0 Å². The number of hydrogen-bond donors (Lipinski definition) is 0. The molecule has 0 aliphatic heterocycles. The number of para-hydroxylation sites is 3. The Morgan fingerprint density at radius 1 is 0.264 bits per heavy atom. The third-order valence-corrected chi connectivity index (χ3v) is 24.5. The summed E-state index contributed by atoms with van der Waals surface area (Å²) in [6, 6.07) is 136. The van der Waals surface area contributed by atoms with Crippen LogP contribution in [-0.4, -0.2) is 29.1 Å². The Morgan fingerprint density at radius 3 is 1.15 bits per heavy atom. The Kier molecular flexibility index (Phi) is 13.6. The van der Waals surface area contributed by atoms with Gasteiger partial charge in [0, 0.05) is 48.1 Å². The smallest absolute Gasteiger partial charge is 0.236 e. The van der Waals surface area contributed by atoms with Gasteiger partial charge in [0.2, 0.25) is 11.9 Å². The largest absolute Gasteiger partial charge is 0.452 e. The minimum atomic E-state index is -0.540. The van der Waals surface area contributed by atoms with Crippen molar-refractivity contribution in [3.8, 4) is 56.7 Å². The molecule has 0 amide bonds. The molecule has 110 heavy (non-hydrogen) atoms. The van der Waals surface area contributed by atoms with Crippen LogP contribution in [0.1, 0.15) is 44.5 Å². The third-order valence-electron chi connectivity index (χ3n) is 23.4. The second-order valence-corrected chi connectivity index (χ2v) is 30.1. The Bertz CT molecular complexity index is 7020. The summed E-state index contributed by atoms with van der Waals surface area (Å²) in [4.78, 5) is 22.0. The van der Waals surface area contributed by atoms with E-state index in [1.54, 1.807) is 11.3 Å². The van der Waals surface area contributed by atoms with E-state index in [1.807, 2.05) is 18.2 Å². The summed E-state index contributed by atoms with van der Waals surface area (Å²) in [5.74, 6) is 1.28. The zero-order valence-corrected chi connectivity index (χ0v) is 60.1. The first kappa shape index (κ1) is 62.1. The minimum absolute atomic E-state index is 0.506. The minimum Gasteiger partial charge on any atom is -0.452 e. The summed E-state index contributed by atoms with van der Waals surface area (Å²) in [5.41, 5.74) is 25.2. The lowest BCUT2D eigenvalue weighted by molar-refractivity contribution is 0.666. The monoisotopic (exact) mass is 1420 g/mol. The highest BCUT2D eigenvalue weighted by Crippen LogP contribution is 2.59. The molecule has 0 unspecified atom stereocenters. The quantitative estimate of drug-likeness (QED) is 0.152. The molecule has 16 aromatic carbocycles. The standard InChI is InChI=1S/C51H31N3O.C51H31N3S/c2*1-3-17-35(18-4-1)51(36-19-5-2-6-20-36)42-24-12-9-21-37(42)38-28-27-34(30-43(38)51)47-49-48(40-23-11-14-26-46(40)55-49)53-50(52-47)54-44-25-13-10-22-39(44)41-29-32-15-7-8-16-33(32)31-45(41)54/h2*1-31H. The SMILES string of the molecule is c1ccc(C2(c3ccccc3)c3ccccc3-c3ccc(-c4nc(-n5c6ccccc6c6cc7ccccc7cc65)nc5c4oc4ccccc45)cc32)cc1.c1ccc(C2(c3ccccc3)c3ccccc3-c3ccc(-c4nc(-n5c6ccccc6c6cc7ccccc7cc65)nc5c4sc4ccccc45)cc32)cc1. The summed E-state index contributed by atoms with van der Waals surface area (Å²) in [7, 11) is 0. The second kappa shape index (κ2) is 24.2. The number of benzene rings is 16. The van der Waals surface area contributed by atoms with E-state index in [-0.39, 0.29) is 0 Å². The van der Waals surface area contributed by atoms with E-state index in [0.29, 0.717) is 17.5 Å². The molecule has 0 spiro atoms. The van der Waals surface area contributed by atoms with Crippen molar-refractivity contribution in [3.05, 3.63) is 421 Å². The molecule has 7 nitrogen and oxygen atoms in total. The van der Waals surface area contributed by atoms with Crippen molar-refractivity contribution in [1.82, 2.24) is 29.1 Å². The van der Waals surface area contributed by atoms with Crippen LogP contribution in [0.3, 0.4) is 0 Å². The summed E-state index contributed by atoms with van der Waals surface area (Å²) >= 11 is 1.78. The lowest BCUT2D eigenvalue weighted by Crippen LogP contribution is -2.28. The molecule has 2 aliphatic carbocycles. The van der Waals surface area contributed by atoms with Crippen LogP contribution in [0.25, 0.3) is 164 Å². The topological polar surface area (TPSA) is 74.6 Å². The fourth-order valence-corrected chi connectivity index (χ4v) is 19.8. The first-order valence-electron chi connectivity index (χ1n) is 37.5. The van der Waals surface area contributed by atoms with Gasteiger partial charge in [-0.1, -0.05) is 309 Å². The van der Waals surface area contributed by atoms with Gasteiger partial charge in [0.05, 0.1) is 48.8 Å². The van der Waals surface area contributed by atoms with E-state index in [4.69, 9.17) is 24.4 Å². The van der Waals surface area contributed by atoms with Crippen molar-refractivity contribution in [2.75, 3.05) is 0 Å². The van der Waals surface area contributed by atoms with Gasteiger partial charge in [-0.3, -0.25) is 9.13 Å². The molecule has 0 N–H and O–H groups in total. The number of furan rings is 1. The molecule has 0 saturated carbocycles. The maximum absolute atomic E-state index is 6.71. The molecule has 512 valence electrons. The molecular weight excluding hydrogens is 1360 g/mol. The van der Waals surface area contributed by atoms with Gasteiger partial charge in [0.15, 0.2) is 5.58 Å². The Morgan fingerprint density at radius 2 is 0.645 bits per heavy atom. The van der Waals surface area contributed by atoms with Crippen LogP contribution < -0.4 is 0 Å². The molecule has 6 heterocycles. The van der Waals surface area contributed by atoms with Crippen molar-refractivity contribution < 1.29 is 4.42 Å². The highest BCUT2D eigenvalue weighted by molar-refractivity contribution is 7.26. The maximum atomic E-state index is 6.71. The van der Waals surface area contributed by atoms with Gasteiger partial charge >= 0.3 is 0 Å². The van der Waals surface area contributed by atoms with Crippen LogP contribution in [-0.2, 0) is 10.8 Å². The van der Waals surface area contributed by atoms with Gasteiger partial charge in [-0.25, -0.2) is 19.9 Å². The fraction of sp³-hybridized carbons (Fsp3) is 0.0196. The van der Waals surface area contributed by atoms with E-state index in [2.05, 4.69) is 367 Å². The molecule has 6 aromatic heterocycles. The first-order valence-corrected chi connectivity index (χ1v) is 38.3. The number of hydrogen-bond acceptors (Lipinski definition) is 6. The molecule has 0 radical (unpaired) electrons.